The predicted octanol–water partition coefficient (Wildman–Crippen LogP) is 1.66. The lowest BCUT2D eigenvalue weighted by Crippen LogP contribution is -2.11. The third-order valence-corrected chi connectivity index (χ3v) is 1.19. The van der Waals surface area contributed by atoms with E-state index in [-0.39, 0.29) is 0 Å². The smallest absolute Gasteiger partial charge is 0.127 e. The molecule has 0 fully saturated rings. The molecule has 0 aromatic carbocycles. The number of hydrogen-bond acceptors (Lipinski definition) is 1. The molecule has 44 valence electrons. The number of halogens is 3. The first-order chi connectivity index (χ1) is 3.35. The average molecular weight is 222 g/mol. The largest absolute Gasteiger partial charge is 0.307 e. The molecule has 0 N–H and O–H groups in total. The summed E-state index contributed by atoms with van der Waals surface area (Å²) in [5, 5.41) is 0. The number of rotatable bonds is 3. The standard InChI is InChI=1S/C3H5F2IO/c4-1-3(2-5)7-6/h3H,1-2H2. The van der Waals surface area contributed by atoms with E-state index in [1.807, 2.05) is 0 Å². The molecule has 0 unspecified atom stereocenters. The molecule has 7 heavy (non-hydrogen) atoms. The van der Waals surface area contributed by atoms with Crippen LogP contribution in [-0.2, 0) is 3.07 Å². The van der Waals surface area contributed by atoms with E-state index in [9.17, 15) is 8.78 Å². The van der Waals surface area contributed by atoms with E-state index in [0.717, 1.165) is 0 Å². The Bertz CT molecular complexity index is 34.4. The van der Waals surface area contributed by atoms with Gasteiger partial charge < -0.3 is 3.07 Å². The topological polar surface area (TPSA) is 9.23 Å². The molecular weight excluding hydrogens is 217 g/mol. The van der Waals surface area contributed by atoms with Crippen LogP contribution in [0.15, 0.2) is 0 Å². The zero-order valence-corrected chi connectivity index (χ0v) is 5.69. The molecule has 0 aliphatic heterocycles. The summed E-state index contributed by atoms with van der Waals surface area (Å²) in [6.45, 7) is -1.50. The Morgan fingerprint density at radius 2 is 1.86 bits per heavy atom. The van der Waals surface area contributed by atoms with Crippen molar-refractivity contribution in [1.29, 1.82) is 0 Å². The molecular formula is C3H5F2IO. The Kier molecular flexibility index (Phi) is 5.07. The minimum Gasteiger partial charge on any atom is -0.307 e. The monoisotopic (exact) mass is 222 g/mol. The fourth-order valence-electron chi connectivity index (χ4n) is 0.0889. The van der Waals surface area contributed by atoms with Gasteiger partial charge in [-0.25, -0.2) is 8.78 Å². The normalized spacial score (nSPS) is 10.3. The lowest BCUT2D eigenvalue weighted by molar-refractivity contribution is 0.184. The summed E-state index contributed by atoms with van der Waals surface area (Å²) in [6.07, 6.45) is -0.861. The average Bonchev–Trinajstić information content (AvgIpc) is 1.72. The third-order valence-electron chi connectivity index (χ3n) is 0.470. The second-order valence-corrected chi connectivity index (χ2v) is 1.53. The van der Waals surface area contributed by atoms with Gasteiger partial charge in [0.1, 0.15) is 42.5 Å². The summed E-state index contributed by atoms with van der Waals surface area (Å²) in [5.41, 5.74) is 0. The summed E-state index contributed by atoms with van der Waals surface area (Å²) in [6, 6.07) is 0. The van der Waals surface area contributed by atoms with Crippen LogP contribution in [0.5, 0.6) is 0 Å². The highest BCUT2D eigenvalue weighted by Crippen LogP contribution is 1.98. The zero-order chi connectivity index (χ0) is 5.70. The van der Waals surface area contributed by atoms with Crippen molar-refractivity contribution in [3.8, 4) is 0 Å². The van der Waals surface area contributed by atoms with E-state index in [1.165, 1.54) is 23.0 Å². The summed E-state index contributed by atoms with van der Waals surface area (Å²) in [5.74, 6) is 0. The van der Waals surface area contributed by atoms with Gasteiger partial charge in [-0.15, -0.1) is 0 Å². The van der Waals surface area contributed by atoms with Crippen LogP contribution in [-0.4, -0.2) is 19.5 Å². The Morgan fingerprint density at radius 3 is 1.86 bits per heavy atom. The van der Waals surface area contributed by atoms with Crippen molar-refractivity contribution in [2.45, 2.75) is 6.10 Å². The van der Waals surface area contributed by atoms with Gasteiger partial charge in [0.25, 0.3) is 0 Å². The second-order valence-electron chi connectivity index (χ2n) is 1.02. The fourth-order valence-corrected chi connectivity index (χ4v) is 0.361. The highest BCUT2D eigenvalue weighted by Gasteiger charge is 2.04. The van der Waals surface area contributed by atoms with Crippen molar-refractivity contribution in [3.63, 3.8) is 0 Å². The molecule has 1 nitrogen and oxygen atoms in total. The predicted molar refractivity (Wildman–Crippen MR) is 30.8 cm³/mol. The van der Waals surface area contributed by atoms with E-state index in [0.29, 0.717) is 0 Å². The lowest BCUT2D eigenvalue weighted by atomic mass is 10.4. The molecule has 0 rings (SSSR count). The molecule has 0 spiro atoms. The van der Waals surface area contributed by atoms with Crippen LogP contribution in [0.2, 0.25) is 0 Å². The molecule has 0 saturated heterocycles. The van der Waals surface area contributed by atoms with Crippen LogP contribution in [0.25, 0.3) is 0 Å². The van der Waals surface area contributed by atoms with Crippen molar-refractivity contribution >= 4 is 23.0 Å². The zero-order valence-electron chi connectivity index (χ0n) is 3.53. The summed E-state index contributed by atoms with van der Waals surface area (Å²) in [4.78, 5) is 0. The van der Waals surface area contributed by atoms with Gasteiger partial charge in [0.05, 0.1) is 0 Å². The molecule has 0 aromatic rings. The maximum Gasteiger partial charge on any atom is 0.127 e. The first-order valence-corrected chi connectivity index (χ1v) is 2.62. The van der Waals surface area contributed by atoms with Crippen LogP contribution in [0.3, 0.4) is 0 Å². The highest BCUT2D eigenvalue weighted by molar-refractivity contribution is 14.1. The molecule has 0 saturated carbocycles. The molecule has 0 radical (unpaired) electrons. The van der Waals surface area contributed by atoms with Crippen LogP contribution in [0.4, 0.5) is 8.78 Å². The Balaban J connectivity index is 2.99. The van der Waals surface area contributed by atoms with Crippen molar-refractivity contribution in [3.05, 3.63) is 0 Å². The van der Waals surface area contributed by atoms with Crippen molar-refractivity contribution in [2.24, 2.45) is 0 Å². The first kappa shape index (κ1) is 7.55. The molecule has 0 bridgehead atoms. The van der Waals surface area contributed by atoms with Gasteiger partial charge >= 0.3 is 0 Å². The number of alkyl halides is 2. The van der Waals surface area contributed by atoms with Gasteiger partial charge in [-0.1, -0.05) is 0 Å². The first-order valence-electron chi connectivity index (χ1n) is 1.74. The molecule has 0 aliphatic rings. The minimum atomic E-state index is -0.861. The highest BCUT2D eigenvalue weighted by atomic mass is 127. The van der Waals surface area contributed by atoms with Gasteiger partial charge in [0, 0.05) is 0 Å². The minimum absolute atomic E-state index is 0.751. The second kappa shape index (κ2) is 4.70. The van der Waals surface area contributed by atoms with Gasteiger partial charge in [-0.2, -0.15) is 0 Å². The molecule has 0 atom stereocenters. The maximum atomic E-state index is 11.3. The van der Waals surface area contributed by atoms with Crippen LogP contribution in [0, 0.1) is 0 Å². The van der Waals surface area contributed by atoms with E-state index in [2.05, 4.69) is 3.07 Å². The van der Waals surface area contributed by atoms with Crippen molar-refractivity contribution in [1.82, 2.24) is 0 Å². The van der Waals surface area contributed by atoms with Gasteiger partial charge in [0.15, 0.2) is 0 Å². The fraction of sp³-hybridized carbons (Fsp3) is 1.00. The molecule has 0 amide bonds. The van der Waals surface area contributed by atoms with Gasteiger partial charge in [-0.3, -0.25) is 0 Å². The summed E-state index contributed by atoms with van der Waals surface area (Å²) < 4.78 is 26.8. The summed E-state index contributed by atoms with van der Waals surface area (Å²) >= 11 is 1.47. The van der Waals surface area contributed by atoms with E-state index in [1.54, 1.807) is 0 Å². The van der Waals surface area contributed by atoms with Crippen molar-refractivity contribution < 1.29 is 11.8 Å². The molecule has 0 aliphatic carbocycles. The SMILES string of the molecule is FCC(CF)OI. The number of hydrogen-bond donors (Lipinski definition) is 0. The van der Waals surface area contributed by atoms with E-state index < -0.39 is 19.5 Å². The van der Waals surface area contributed by atoms with Crippen LogP contribution >= 0.6 is 23.0 Å². The van der Waals surface area contributed by atoms with Crippen LogP contribution < -0.4 is 0 Å². The van der Waals surface area contributed by atoms with E-state index in [4.69, 9.17) is 0 Å². The summed E-state index contributed by atoms with van der Waals surface area (Å²) in [7, 11) is 0. The van der Waals surface area contributed by atoms with Gasteiger partial charge in [-0.05, 0) is 0 Å². The molecule has 4 heteroatoms. The Hall–Kier alpha value is 0.550. The van der Waals surface area contributed by atoms with Gasteiger partial charge in [0.2, 0.25) is 0 Å². The lowest BCUT2D eigenvalue weighted by Gasteiger charge is -1.99. The van der Waals surface area contributed by atoms with Crippen LogP contribution in [0.1, 0.15) is 0 Å². The van der Waals surface area contributed by atoms with Crippen molar-refractivity contribution in [2.75, 3.05) is 13.3 Å². The molecule has 0 aromatic heterocycles. The Labute approximate surface area is 54.7 Å². The van der Waals surface area contributed by atoms with E-state index >= 15 is 0 Å². The molecule has 0 heterocycles. The quantitative estimate of drug-likeness (QED) is 0.659. The third kappa shape index (κ3) is 3.16. The maximum absolute atomic E-state index is 11.3. The Morgan fingerprint density at radius 1 is 1.43 bits per heavy atom.